The van der Waals surface area contributed by atoms with E-state index in [1.165, 1.54) is 0 Å². The van der Waals surface area contributed by atoms with Crippen LogP contribution in [-0.4, -0.2) is 37.5 Å². The van der Waals surface area contributed by atoms with Gasteiger partial charge in [0.25, 0.3) is 10.0 Å². The largest absolute Gasteiger partial charge is 0.481 e. The number of nitrogens with one attached hydrogen (secondary N) is 1. The summed E-state index contributed by atoms with van der Waals surface area (Å²) in [4.78, 5) is 13.6. The highest BCUT2D eigenvalue weighted by molar-refractivity contribution is 7.92. The summed E-state index contributed by atoms with van der Waals surface area (Å²) in [5, 5.41) is 9.74. The molecule has 1 heterocycles. The van der Waals surface area contributed by atoms with E-state index in [4.69, 9.17) is 11.6 Å². The molecule has 0 aliphatic carbocycles. The molecule has 0 aromatic heterocycles. The van der Waals surface area contributed by atoms with Gasteiger partial charge in [-0.2, -0.15) is 0 Å². The zero-order chi connectivity index (χ0) is 20.3. The first-order chi connectivity index (χ1) is 13.3. The Morgan fingerprint density at radius 1 is 1.25 bits per heavy atom. The molecule has 0 saturated heterocycles. The predicted octanol–water partition coefficient (Wildman–Crippen LogP) is 3.61. The maximum Gasteiger partial charge on any atom is 0.307 e. The summed E-state index contributed by atoms with van der Waals surface area (Å²) in [6.45, 7) is 3.63. The van der Waals surface area contributed by atoms with Crippen molar-refractivity contribution in [3.8, 4) is 0 Å². The number of hydrogen-bond acceptors (Lipinski definition) is 4. The molecule has 1 aliphatic rings. The normalized spacial score (nSPS) is 15.6. The standard InChI is InChI=1S/C20H23ClN2O4S/c1-2-14(20(24)25)12-23-9-8-15-6-7-19(10-16(15)13-23)28(26,27)22-18-5-3-4-17(21)11-18/h3-7,10-11,14,22H,2,8-9,12-13H2,1H3,(H,24,25). The second kappa shape index (κ2) is 8.51. The van der Waals surface area contributed by atoms with Crippen molar-refractivity contribution in [2.24, 2.45) is 5.92 Å². The fourth-order valence-corrected chi connectivity index (χ4v) is 4.66. The second-order valence-electron chi connectivity index (χ2n) is 6.97. The lowest BCUT2D eigenvalue weighted by Gasteiger charge is -2.30. The maximum absolute atomic E-state index is 12.7. The summed E-state index contributed by atoms with van der Waals surface area (Å²) in [6.07, 6.45) is 1.34. The summed E-state index contributed by atoms with van der Waals surface area (Å²) in [5.41, 5.74) is 2.42. The number of fused-ring (bicyclic) bond motifs is 1. The van der Waals surface area contributed by atoms with E-state index in [1.54, 1.807) is 36.4 Å². The third-order valence-corrected chi connectivity index (χ3v) is 6.59. The first-order valence-corrected chi connectivity index (χ1v) is 11.0. The van der Waals surface area contributed by atoms with Crippen LogP contribution in [-0.2, 0) is 27.8 Å². The number of carboxylic acid groups (broad SMARTS) is 1. The van der Waals surface area contributed by atoms with Gasteiger partial charge in [-0.1, -0.05) is 30.7 Å². The molecule has 0 spiro atoms. The Hall–Kier alpha value is -2.09. The zero-order valence-corrected chi connectivity index (χ0v) is 17.1. The van der Waals surface area contributed by atoms with Crippen molar-refractivity contribution >= 4 is 33.3 Å². The number of aliphatic carboxylic acids is 1. The minimum Gasteiger partial charge on any atom is -0.481 e. The van der Waals surface area contributed by atoms with Gasteiger partial charge in [-0.05, 0) is 54.3 Å². The molecule has 1 aliphatic heterocycles. The van der Waals surface area contributed by atoms with Gasteiger partial charge in [0, 0.05) is 24.7 Å². The number of carboxylic acids is 1. The van der Waals surface area contributed by atoms with Gasteiger partial charge in [0.05, 0.1) is 16.5 Å². The fourth-order valence-electron chi connectivity index (χ4n) is 3.37. The minimum absolute atomic E-state index is 0.179. The Kier molecular flexibility index (Phi) is 6.27. The Balaban J connectivity index is 1.79. The molecule has 8 heteroatoms. The number of anilines is 1. The minimum atomic E-state index is -3.74. The van der Waals surface area contributed by atoms with Gasteiger partial charge in [-0.25, -0.2) is 8.42 Å². The van der Waals surface area contributed by atoms with Gasteiger partial charge >= 0.3 is 5.97 Å². The Morgan fingerprint density at radius 2 is 2.04 bits per heavy atom. The zero-order valence-electron chi connectivity index (χ0n) is 15.6. The lowest BCUT2D eigenvalue weighted by atomic mass is 9.98. The molecule has 0 saturated carbocycles. The van der Waals surface area contributed by atoms with E-state index in [0.717, 1.165) is 24.1 Å². The van der Waals surface area contributed by atoms with Crippen LogP contribution in [0.1, 0.15) is 24.5 Å². The number of nitrogens with zero attached hydrogens (tertiary/aromatic N) is 1. The van der Waals surface area contributed by atoms with Crippen LogP contribution in [0, 0.1) is 5.92 Å². The summed E-state index contributed by atoms with van der Waals surface area (Å²) in [7, 11) is -3.74. The van der Waals surface area contributed by atoms with E-state index < -0.39 is 21.9 Å². The summed E-state index contributed by atoms with van der Waals surface area (Å²) in [6, 6.07) is 11.7. The van der Waals surface area contributed by atoms with Crippen LogP contribution in [0.2, 0.25) is 5.02 Å². The number of benzene rings is 2. The third-order valence-electron chi connectivity index (χ3n) is 4.98. The van der Waals surface area contributed by atoms with Gasteiger partial charge in [0.15, 0.2) is 0 Å². The topological polar surface area (TPSA) is 86.7 Å². The summed E-state index contributed by atoms with van der Waals surface area (Å²) in [5.74, 6) is -1.21. The van der Waals surface area contributed by atoms with Crippen LogP contribution < -0.4 is 4.72 Å². The van der Waals surface area contributed by atoms with Crippen molar-refractivity contribution < 1.29 is 18.3 Å². The number of sulfonamides is 1. The number of hydrogen-bond donors (Lipinski definition) is 2. The maximum atomic E-state index is 12.7. The number of carbonyl (C=O) groups is 1. The average molecular weight is 423 g/mol. The van der Waals surface area contributed by atoms with Crippen molar-refractivity contribution in [1.82, 2.24) is 4.90 Å². The van der Waals surface area contributed by atoms with Crippen LogP contribution in [0.5, 0.6) is 0 Å². The van der Waals surface area contributed by atoms with Gasteiger partial charge in [-0.3, -0.25) is 14.4 Å². The highest BCUT2D eigenvalue weighted by atomic mass is 35.5. The highest BCUT2D eigenvalue weighted by Gasteiger charge is 2.24. The summed E-state index contributed by atoms with van der Waals surface area (Å²) >= 11 is 5.92. The van der Waals surface area contributed by atoms with Crippen molar-refractivity contribution in [3.05, 3.63) is 58.6 Å². The Labute approximate surface area is 170 Å². The third kappa shape index (κ3) is 4.84. The number of rotatable bonds is 7. The highest BCUT2D eigenvalue weighted by Crippen LogP contribution is 2.25. The molecular weight excluding hydrogens is 400 g/mol. The predicted molar refractivity (Wildman–Crippen MR) is 109 cm³/mol. The van der Waals surface area contributed by atoms with Gasteiger partial charge in [0.2, 0.25) is 0 Å². The first kappa shape index (κ1) is 20.6. The van der Waals surface area contributed by atoms with E-state index >= 15 is 0 Å². The Bertz CT molecular complexity index is 978. The van der Waals surface area contributed by atoms with E-state index in [2.05, 4.69) is 9.62 Å². The lowest BCUT2D eigenvalue weighted by molar-refractivity contribution is -0.142. The smallest absolute Gasteiger partial charge is 0.307 e. The average Bonchev–Trinajstić information content (AvgIpc) is 2.65. The van der Waals surface area contributed by atoms with Crippen molar-refractivity contribution in [2.75, 3.05) is 17.8 Å². The molecule has 0 fully saturated rings. The molecule has 2 aromatic rings. The van der Waals surface area contributed by atoms with Gasteiger partial charge < -0.3 is 5.11 Å². The molecular formula is C20H23ClN2O4S. The molecule has 2 N–H and O–H groups in total. The van der Waals surface area contributed by atoms with Gasteiger partial charge in [0.1, 0.15) is 0 Å². The molecule has 1 unspecified atom stereocenters. The van der Waals surface area contributed by atoms with Crippen LogP contribution in [0.4, 0.5) is 5.69 Å². The van der Waals surface area contributed by atoms with E-state index in [9.17, 15) is 18.3 Å². The molecule has 1 atom stereocenters. The second-order valence-corrected chi connectivity index (χ2v) is 9.09. The van der Waals surface area contributed by atoms with Crippen LogP contribution >= 0.6 is 11.6 Å². The lowest BCUT2D eigenvalue weighted by Crippen LogP contribution is -2.37. The monoisotopic (exact) mass is 422 g/mol. The molecule has 3 rings (SSSR count). The molecule has 2 aromatic carbocycles. The molecule has 0 radical (unpaired) electrons. The van der Waals surface area contributed by atoms with Crippen molar-refractivity contribution in [2.45, 2.75) is 31.2 Å². The first-order valence-electron chi connectivity index (χ1n) is 9.14. The number of halogens is 1. The Morgan fingerprint density at radius 3 is 2.71 bits per heavy atom. The van der Waals surface area contributed by atoms with E-state index in [0.29, 0.717) is 30.2 Å². The molecule has 6 nitrogen and oxygen atoms in total. The quantitative estimate of drug-likeness (QED) is 0.711. The van der Waals surface area contributed by atoms with Crippen LogP contribution in [0.3, 0.4) is 0 Å². The fraction of sp³-hybridized carbons (Fsp3) is 0.350. The van der Waals surface area contributed by atoms with Crippen LogP contribution in [0.25, 0.3) is 0 Å². The van der Waals surface area contributed by atoms with E-state index in [-0.39, 0.29) is 4.90 Å². The molecule has 28 heavy (non-hydrogen) atoms. The van der Waals surface area contributed by atoms with Crippen molar-refractivity contribution in [1.29, 1.82) is 0 Å². The molecule has 150 valence electrons. The summed E-state index contributed by atoms with van der Waals surface area (Å²) < 4.78 is 28.0. The van der Waals surface area contributed by atoms with Crippen molar-refractivity contribution in [3.63, 3.8) is 0 Å². The molecule has 0 amide bonds. The van der Waals surface area contributed by atoms with Crippen LogP contribution in [0.15, 0.2) is 47.4 Å². The SMILES string of the molecule is CCC(CN1CCc2ccc(S(=O)(=O)Nc3cccc(Cl)c3)cc2C1)C(=O)O. The van der Waals surface area contributed by atoms with Gasteiger partial charge in [-0.15, -0.1) is 0 Å². The molecule has 0 bridgehead atoms. The van der Waals surface area contributed by atoms with E-state index in [1.807, 2.05) is 13.0 Å².